The summed E-state index contributed by atoms with van der Waals surface area (Å²) >= 11 is 7.79. The summed E-state index contributed by atoms with van der Waals surface area (Å²) in [5.41, 5.74) is 6.45. The highest BCUT2D eigenvalue weighted by Gasteiger charge is 2.01. The van der Waals surface area contributed by atoms with E-state index in [1.807, 2.05) is 18.2 Å². The maximum absolute atomic E-state index is 8.63. The van der Waals surface area contributed by atoms with Crippen LogP contribution in [0, 0.1) is 0 Å². The highest BCUT2D eigenvalue weighted by Crippen LogP contribution is 2.29. The molecule has 0 aromatic heterocycles. The van der Waals surface area contributed by atoms with Crippen LogP contribution in [0.2, 0.25) is 5.02 Å². The number of halogens is 1. The molecule has 0 spiro atoms. The van der Waals surface area contributed by atoms with Crippen LogP contribution < -0.4 is 5.73 Å². The van der Waals surface area contributed by atoms with Crippen molar-refractivity contribution in [3.8, 4) is 0 Å². The van der Waals surface area contributed by atoms with E-state index < -0.39 is 0 Å². The molecule has 0 aliphatic heterocycles. The fourth-order valence-electron chi connectivity index (χ4n) is 1.38. The van der Waals surface area contributed by atoms with E-state index in [1.54, 1.807) is 11.8 Å². The molecule has 16 heavy (non-hydrogen) atoms. The van der Waals surface area contributed by atoms with E-state index in [4.69, 9.17) is 22.4 Å². The van der Waals surface area contributed by atoms with E-state index >= 15 is 0 Å². The summed E-state index contributed by atoms with van der Waals surface area (Å²) in [5, 5.41) is 9.40. The molecule has 3 N–H and O–H groups in total. The van der Waals surface area contributed by atoms with E-state index in [-0.39, 0.29) is 0 Å². The van der Waals surface area contributed by atoms with Crippen molar-refractivity contribution < 1.29 is 5.11 Å². The number of aliphatic hydroxyl groups is 1. The van der Waals surface area contributed by atoms with Gasteiger partial charge in [-0.3, -0.25) is 0 Å². The van der Waals surface area contributed by atoms with Crippen LogP contribution in [0.1, 0.15) is 25.7 Å². The largest absolute Gasteiger partial charge is 0.399 e. The number of rotatable bonds is 7. The van der Waals surface area contributed by atoms with Crippen molar-refractivity contribution in [1.29, 1.82) is 0 Å². The van der Waals surface area contributed by atoms with E-state index in [2.05, 4.69) is 0 Å². The summed E-state index contributed by atoms with van der Waals surface area (Å²) < 4.78 is 0. The zero-order valence-corrected chi connectivity index (χ0v) is 10.9. The Balaban J connectivity index is 2.23. The van der Waals surface area contributed by atoms with Crippen molar-refractivity contribution >= 4 is 29.1 Å². The SMILES string of the molecule is Nc1ccc(Cl)c(SCCCCCCO)c1. The Morgan fingerprint density at radius 2 is 1.94 bits per heavy atom. The van der Waals surface area contributed by atoms with Gasteiger partial charge in [0.1, 0.15) is 0 Å². The molecule has 4 heteroatoms. The fraction of sp³-hybridized carbons (Fsp3) is 0.500. The molecule has 0 bridgehead atoms. The molecule has 0 aliphatic carbocycles. The minimum absolute atomic E-state index is 0.300. The van der Waals surface area contributed by atoms with Crippen molar-refractivity contribution in [3.05, 3.63) is 23.2 Å². The molecule has 0 unspecified atom stereocenters. The molecule has 0 atom stereocenters. The third-order valence-electron chi connectivity index (χ3n) is 2.27. The van der Waals surface area contributed by atoms with E-state index in [0.717, 1.165) is 47.0 Å². The Hall–Kier alpha value is -0.380. The molecule has 2 nitrogen and oxygen atoms in total. The van der Waals surface area contributed by atoms with E-state index in [9.17, 15) is 0 Å². The molecular formula is C12H18ClNOS. The van der Waals surface area contributed by atoms with Gasteiger partial charge in [0.25, 0.3) is 0 Å². The summed E-state index contributed by atoms with van der Waals surface area (Å²) in [6.45, 7) is 0.300. The zero-order valence-electron chi connectivity index (χ0n) is 9.29. The molecule has 0 saturated heterocycles. The first kappa shape index (κ1) is 13.7. The highest BCUT2D eigenvalue weighted by atomic mass is 35.5. The lowest BCUT2D eigenvalue weighted by Gasteiger charge is -2.05. The molecule has 90 valence electrons. The third kappa shape index (κ3) is 5.10. The summed E-state index contributed by atoms with van der Waals surface area (Å²) in [4.78, 5) is 1.06. The molecule has 0 heterocycles. The highest BCUT2D eigenvalue weighted by molar-refractivity contribution is 7.99. The average Bonchev–Trinajstić information content (AvgIpc) is 2.28. The van der Waals surface area contributed by atoms with Crippen LogP contribution in [0.5, 0.6) is 0 Å². The quantitative estimate of drug-likeness (QED) is 0.447. The van der Waals surface area contributed by atoms with Crippen LogP contribution in [-0.2, 0) is 0 Å². The van der Waals surface area contributed by atoms with Crippen LogP contribution in [0.15, 0.2) is 23.1 Å². The number of benzene rings is 1. The van der Waals surface area contributed by atoms with Crippen LogP contribution in [0.25, 0.3) is 0 Å². The predicted molar refractivity (Wildman–Crippen MR) is 72.1 cm³/mol. The first-order chi connectivity index (χ1) is 7.74. The molecule has 0 saturated carbocycles. The topological polar surface area (TPSA) is 46.2 Å². The van der Waals surface area contributed by atoms with Gasteiger partial charge in [0.2, 0.25) is 0 Å². The molecule has 0 fully saturated rings. The van der Waals surface area contributed by atoms with Gasteiger partial charge in [-0.05, 0) is 36.8 Å². The summed E-state index contributed by atoms with van der Waals surface area (Å²) in [6.07, 6.45) is 4.31. The van der Waals surface area contributed by atoms with Crippen molar-refractivity contribution in [2.45, 2.75) is 30.6 Å². The van der Waals surface area contributed by atoms with Gasteiger partial charge in [-0.15, -0.1) is 11.8 Å². The molecule has 1 aromatic carbocycles. The summed E-state index contributed by atoms with van der Waals surface area (Å²) in [7, 11) is 0. The van der Waals surface area contributed by atoms with Gasteiger partial charge in [0.15, 0.2) is 0 Å². The number of nitrogen functional groups attached to an aromatic ring is 1. The Morgan fingerprint density at radius 3 is 2.69 bits per heavy atom. The molecule has 0 aliphatic rings. The van der Waals surface area contributed by atoms with Gasteiger partial charge in [0, 0.05) is 17.2 Å². The van der Waals surface area contributed by atoms with Gasteiger partial charge in [-0.2, -0.15) is 0 Å². The zero-order chi connectivity index (χ0) is 11.8. The monoisotopic (exact) mass is 259 g/mol. The smallest absolute Gasteiger partial charge is 0.0543 e. The number of anilines is 1. The van der Waals surface area contributed by atoms with Crippen molar-refractivity contribution in [2.75, 3.05) is 18.1 Å². The normalized spacial score (nSPS) is 10.6. The Kier molecular flexibility index (Phi) is 6.69. The lowest BCUT2D eigenvalue weighted by atomic mass is 10.2. The van der Waals surface area contributed by atoms with Gasteiger partial charge in [-0.1, -0.05) is 24.4 Å². The van der Waals surface area contributed by atoms with Gasteiger partial charge in [0.05, 0.1) is 5.02 Å². The first-order valence-corrected chi connectivity index (χ1v) is 6.89. The van der Waals surface area contributed by atoms with Gasteiger partial charge in [-0.25, -0.2) is 0 Å². The number of hydrogen-bond acceptors (Lipinski definition) is 3. The third-order valence-corrected chi connectivity index (χ3v) is 3.85. The molecular weight excluding hydrogens is 242 g/mol. The summed E-state index contributed by atoms with van der Waals surface area (Å²) in [5.74, 6) is 1.05. The van der Waals surface area contributed by atoms with Crippen LogP contribution in [-0.4, -0.2) is 17.5 Å². The average molecular weight is 260 g/mol. The molecule has 1 aromatic rings. The van der Waals surface area contributed by atoms with Crippen LogP contribution >= 0.6 is 23.4 Å². The second kappa shape index (κ2) is 7.82. The van der Waals surface area contributed by atoms with E-state index in [0.29, 0.717) is 6.61 Å². The predicted octanol–water partition coefficient (Wildman–Crippen LogP) is 3.57. The fourth-order valence-corrected chi connectivity index (χ4v) is 2.66. The first-order valence-electron chi connectivity index (χ1n) is 5.52. The lowest BCUT2D eigenvalue weighted by Crippen LogP contribution is -1.88. The number of thioether (sulfide) groups is 1. The van der Waals surface area contributed by atoms with Crippen molar-refractivity contribution in [2.24, 2.45) is 0 Å². The number of unbranched alkanes of at least 4 members (excludes halogenated alkanes) is 3. The minimum atomic E-state index is 0.300. The summed E-state index contributed by atoms with van der Waals surface area (Å²) in [6, 6.07) is 5.57. The van der Waals surface area contributed by atoms with Crippen LogP contribution in [0.4, 0.5) is 5.69 Å². The Bertz CT molecular complexity index is 320. The maximum Gasteiger partial charge on any atom is 0.0543 e. The van der Waals surface area contributed by atoms with Gasteiger partial charge >= 0.3 is 0 Å². The molecule has 1 rings (SSSR count). The standard InChI is InChI=1S/C12H18ClNOS/c13-11-6-5-10(14)9-12(11)16-8-4-2-1-3-7-15/h5-6,9,15H,1-4,7-8,14H2. The second-order valence-electron chi connectivity index (χ2n) is 3.68. The number of hydrogen-bond donors (Lipinski definition) is 2. The van der Waals surface area contributed by atoms with Crippen molar-refractivity contribution in [1.82, 2.24) is 0 Å². The minimum Gasteiger partial charge on any atom is -0.399 e. The van der Waals surface area contributed by atoms with Crippen molar-refractivity contribution in [3.63, 3.8) is 0 Å². The Morgan fingerprint density at radius 1 is 1.19 bits per heavy atom. The molecule has 0 radical (unpaired) electrons. The number of aliphatic hydroxyl groups excluding tert-OH is 1. The second-order valence-corrected chi connectivity index (χ2v) is 5.22. The van der Waals surface area contributed by atoms with Gasteiger partial charge < -0.3 is 10.8 Å². The molecule has 0 amide bonds. The van der Waals surface area contributed by atoms with E-state index in [1.165, 1.54) is 0 Å². The maximum atomic E-state index is 8.63. The van der Waals surface area contributed by atoms with Crippen LogP contribution in [0.3, 0.4) is 0 Å². The number of nitrogens with two attached hydrogens (primary N) is 1. The Labute approximate surface area is 106 Å². The lowest BCUT2D eigenvalue weighted by molar-refractivity contribution is 0.283.